The van der Waals surface area contributed by atoms with E-state index in [-0.39, 0.29) is 18.6 Å². The average molecular weight is 370 g/mol. The first-order valence-electron chi connectivity index (χ1n) is 8.95. The minimum atomic E-state index is -0.627. The van der Waals surface area contributed by atoms with Gasteiger partial charge in [0.15, 0.2) is 17.3 Å². The molecule has 0 radical (unpaired) electrons. The van der Waals surface area contributed by atoms with Crippen molar-refractivity contribution in [2.45, 2.75) is 18.6 Å². The highest BCUT2D eigenvalue weighted by molar-refractivity contribution is 5.82. The Kier molecular flexibility index (Phi) is 4.70. The summed E-state index contributed by atoms with van der Waals surface area (Å²) in [5.41, 5.74) is 0. The zero-order chi connectivity index (χ0) is 18.8. The molecule has 0 saturated carbocycles. The van der Waals surface area contributed by atoms with Crippen molar-refractivity contribution in [3.8, 4) is 17.4 Å². The molecule has 0 unspecified atom stereocenters. The summed E-state index contributed by atoms with van der Waals surface area (Å²) in [5.74, 6) is 2.42. The number of rotatable bonds is 4. The number of hydrogen-bond acceptors (Lipinski definition) is 7. The average Bonchev–Trinajstić information content (AvgIpc) is 3.16. The van der Waals surface area contributed by atoms with Gasteiger partial charge in [0.05, 0.1) is 6.54 Å². The molecule has 2 aliphatic heterocycles. The number of carbonyl (C=O) groups excluding carboxylic acids is 1. The molecule has 1 aromatic carbocycles. The Hall–Kier alpha value is -3.03. The Morgan fingerprint density at radius 2 is 2.00 bits per heavy atom. The maximum Gasteiger partial charge on any atom is 0.267 e. The fraction of sp³-hybridized carbons (Fsp3) is 0.421. The molecule has 4 rings (SSSR count). The zero-order valence-corrected chi connectivity index (χ0v) is 15.4. The van der Waals surface area contributed by atoms with Crippen LogP contribution in [-0.4, -0.2) is 67.0 Å². The van der Waals surface area contributed by atoms with Crippen molar-refractivity contribution in [1.82, 2.24) is 15.1 Å². The molecule has 0 N–H and O–H groups in total. The summed E-state index contributed by atoms with van der Waals surface area (Å²) in [5, 5.41) is 8.19. The Balaban J connectivity index is 1.33. The van der Waals surface area contributed by atoms with Gasteiger partial charge in [-0.1, -0.05) is 12.1 Å². The molecule has 1 amide bonds. The highest BCUT2D eigenvalue weighted by atomic mass is 16.6. The summed E-state index contributed by atoms with van der Waals surface area (Å²) >= 11 is 0. The van der Waals surface area contributed by atoms with E-state index < -0.39 is 6.10 Å². The van der Waals surface area contributed by atoms with Gasteiger partial charge in [-0.25, -0.2) is 0 Å². The van der Waals surface area contributed by atoms with E-state index in [1.165, 1.54) is 0 Å². The van der Waals surface area contributed by atoms with E-state index in [4.69, 9.17) is 14.2 Å². The van der Waals surface area contributed by atoms with Crippen LogP contribution in [-0.2, 0) is 4.79 Å². The second kappa shape index (κ2) is 7.30. The lowest BCUT2D eigenvalue weighted by Gasteiger charge is -2.28. The number of fused-ring (bicyclic) bond motifs is 1. The molecule has 142 valence electrons. The minimum absolute atomic E-state index is 0.0790. The van der Waals surface area contributed by atoms with Crippen molar-refractivity contribution >= 4 is 11.7 Å². The van der Waals surface area contributed by atoms with Gasteiger partial charge in [-0.2, -0.15) is 0 Å². The number of carbonyl (C=O) groups is 1. The van der Waals surface area contributed by atoms with Crippen LogP contribution in [0.25, 0.3) is 0 Å². The van der Waals surface area contributed by atoms with Gasteiger partial charge in [0.2, 0.25) is 12.0 Å². The second-order valence-corrected chi connectivity index (χ2v) is 6.80. The zero-order valence-electron chi connectivity index (χ0n) is 15.4. The van der Waals surface area contributed by atoms with E-state index in [2.05, 4.69) is 10.2 Å². The lowest BCUT2D eigenvalue weighted by molar-refractivity contribution is -0.140. The van der Waals surface area contributed by atoms with Gasteiger partial charge in [-0.3, -0.25) is 4.79 Å². The molecule has 2 atom stereocenters. The predicted molar refractivity (Wildman–Crippen MR) is 98.3 cm³/mol. The lowest BCUT2D eigenvalue weighted by Crippen LogP contribution is -2.46. The van der Waals surface area contributed by atoms with E-state index in [1.807, 2.05) is 43.3 Å². The smallest absolute Gasteiger partial charge is 0.267 e. The molecule has 1 aromatic heterocycles. The summed E-state index contributed by atoms with van der Waals surface area (Å²) < 4.78 is 17.3. The summed E-state index contributed by atoms with van der Waals surface area (Å²) in [7, 11) is 3.81. The molecule has 2 aromatic rings. The number of aromatic nitrogens is 2. The Morgan fingerprint density at radius 1 is 1.19 bits per heavy atom. The number of hydrogen-bond donors (Lipinski definition) is 0. The van der Waals surface area contributed by atoms with Crippen LogP contribution in [0.3, 0.4) is 0 Å². The van der Waals surface area contributed by atoms with Gasteiger partial charge in [-0.05, 0) is 18.2 Å². The van der Waals surface area contributed by atoms with Crippen molar-refractivity contribution < 1.29 is 19.0 Å². The van der Waals surface area contributed by atoms with E-state index in [0.717, 1.165) is 12.2 Å². The maximum atomic E-state index is 12.8. The third kappa shape index (κ3) is 3.74. The predicted octanol–water partition coefficient (Wildman–Crippen LogP) is 1.36. The molecular weight excluding hydrogens is 348 g/mol. The van der Waals surface area contributed by atoms with Gasteiger partial charge >= 0.3 is 0 Å². The molecule has 8 heteroatoms. The van der Waals surface area contributed by atoms with Crippen LogP contribution in [0.15, 0.2) is 36.4 Å². The number of amides is 1. The first-order chi connectivity index (χ1) is 13.1. The monoisotopic (exact) mass is 370 g/mol. The van der Waals surface area contributed by atoms with E-state index in [0.29, 0.717) is 30.5 Å². The minimum Gasteiger partial charge on any atom is -0.485 e. The van der Waals surface area contributed by atoms with Crippen molar-refractivity contribution in [3.05, 3.63) is 36.4 Å². The maximum absolute atomic E-state index is 12.8. The van der Waals surface area contributed by atoms with E-state index >= 15 is 0 Å². The van der Waals surface area contributed by atoms with Crippen molar-refractivity contribution in [3.63, 3.8) is 0 Å². The quantitative estimate of drug-likeness (QED) is 0.804. The van der Waals surface area contributed by atoms with Crippen molar-refractivity contribution in [2.75, 3.05) is 38.7 Å². The topological polar surface area (TPSA) is 77.0 Å². The highest BCUT2D eigenvalue weighted by Gasteiger charge is 2.35. The molecule has 2 aliphatic rings. The van der Waals surface area contributed by atoms with Gasteiger partial charge in [-0.15, -0.1) is 10.2 Å². The van der Waals surface area contributed by atoms with Gasteiger partial charge < -0.3 is 24.0 Å². The van der Waals surface area contributed by atoms with E-state index in [9.17, 15) is 4.79 Å². The Bertz CT molecular complexity index is 812. The van der Waals surface area contributed by atoms with Gasteiger partial charge in [0.1, 0.15) is 12.7 Å². The Labute approximate surface area is 157 Å². The largest absolute Gasteiger partial charge is 0.485 e. The first-order valence-corrected chi connectivity index (χ1v) is 8.95. The molecule has 0 spiro atoms. The molecule has 8 nitrogen and oxygen atoms in total. The normalized spacial score (nSPS) is 21.0. The fourth-order valence-electron chi connectivity index (χ4n) is 3.15. The Morgan fingerprint density at radius 3 is 2.74 bits per heavy atom. The SMILES string of the molecule is CN(C)c1ccc(O[C@@H]2CCN(C(=O)[C@H]3COc4ccccc4O3)C2)nn1. The summed E-state index contributed by atoms with van der Waals surface area (Å²) in [6.07, 6.45) is 0.00980. The summed E-state index contributed by atoms with van der Waals surface area (Å²) in [4.78, 5) is 16.4. The lowest BCUT2D eigenvalue weighted by atomic mass is 10.2. The fourth-order valence-corrected chi connectivity index (χ4v) is 3.15. The van der Waals surface area contributed by atoms with Crippen LogP contribution in [0.4, 0.5) is 5.82 Å². The van der Waals surface area contributed by atoms with Crippen molar-refractivity contribution in [2.24, 2.45) is 0 Å². The number of ether oxygens (including phenoxy) is 3. The molecule has 1 saturated heterocycles. The first kappa shape index (κ1) is 17.4. The van der Waals surface area contributed by atoms with Crippen LogP contribution in [0, 0.1) is 0 Å². The van der Waals surface area contributed by atoms with Crippen LogP contribution in [0.2, 0.25) is 0 Å². The van der Waals surface area contributed by atoms with E-state index in [1.54, 1.807) is 17.0 Å². The van der Waals surface area contributed by atoms with Gasteiger partial charge in [0, 0.05) is 33.1 Å². The summed E-state index contributed by atoms with van der Waals surface area (Å²) in [6.45, 7) is 1.33. The van der Waals surface area contributed by atoms with Gasteiger partial charge in [0.25, 0.3) is 5.91 Å². The second-order valence-electron chi connectivity index (χ2n) is 6.80. The highest BCUT2D eigenvalue weighted by Crippen LogP contribution is 2.31. The molecule has 0 aliphatic carbocycles. The molecule has 27 heavy (non-hydrogen) atoms. The number of nitrogens with zero attached hydrogens (tertiary/aromatic N) is 4. The standard InChI is InChI=1S/C19H22N4O4/c1-22(2)17-7-8-18(21-20-17)26-13-9-10-23(11-13)19(24)16-12-25-14-5-3-4-6-15(14)27-16/h3-8,13,16H,9-12H2,1-2H3/t13-,16-/m1/s1. The number of para-hydroxylation sites is 2. The molecule has 1 fully saturated rings. The summed E-state index contributed by atoms with van der Waals surface area (Å²) in [6, 6.07) is 11.0. The molecule has 0 bridgehead atoms. The van der Waals surface area contributed by atoms with Crippen LogP contribution in [0.1, 0.15) is 6.42 Å². The number of anilines is 1. The molecular formula is C19H22N4O4. The third-order valence-corrected chi connectivity index (χ3v) is 4.61. The number of benzene rings is 1. The third-order valence-electron chi connectivity index (χ3n) is 4.61. The van der Waals surface area contributed by atoms with Crippen LogP contribution < -0.4 is 19.1 Å². The molecule has 3 heterocycles. The van der Waals surface area contributed by atoms with Crippen molar-refractivity contribution in [1.29, 1.82) is 0 Å². The number of likely N-dealkylation sites (tertiary alicyclic amines) is 1. The van der Waals surface area contributed by atoms with Crippen LogP contribution in [0.5, 0.6) is 17.4 Å². The van der Waals surface area contributed by atoms with Crippen LogP contribution >= 0.6 is 0 Å².